The first-order valence-corrected chi connectivity index (χ1v) is 13.0. The highest BCUT2D eigenvalue weighted by Gasteiger charge is 2.38. The molecule has 1 N–H and O–H groups in total. The maximum atomic E-state index is 12.1. The summed E-state index contributed by atoms with van der Waals surface area (Å²) in [6.45, 7) is 1.76. The minimum Gasteiger partial charge on any atom is -0.465 e. The Morgan fingerprint density at radius 1 is 1.03 bits per heavy atom. The summed E-state index contributed by atoms with van der Waals surface area (Å²) in [5, 5.41) is 14.6. The van der Waals surface area contributed by atoms with Gasteiger partial charge in [0.2, 0.25) is 0 Å². The molecule has 3 fully saturated rings. The highest BCUT2D eigenvalue weighted by molar-refractivity contribution is 5.65. The Bertz CT molecular complexity index is 919. The zero-order valence-corrected chi connectivity index (χ0v) is 19.9. The van der Waals surface area contributed by atoms with Gasteiger partial charge in [-0.15, -0.1) is 0 Å². The largest absolute Gasteiger partial charge is 0.465 e. The number of nitrogens with zero attached hydrogens (tertiary/aromatic N) is 3. The quantitative estimate of drug-likeness (QED) is 0.603. The van der Waals surface area contributed by atoms with Gasteiger partial charge >= 0.3 is 6.09 Å². The fourth-order valence-electron chi connectivity index (χ4n) is 6.14. The molecule has 0 bridgehead atoms. The van der Waals surface area contributed by atoms with Crippen LogP contribution < -0.4 is 0 Å². The second-order valence-corrected chi connectivity index (χ2v) is 10.0. The zero-order chi connectivity index (χ0) is 23.3. The van der Waals surface area contributed by atoms with Gasteiger partial charge in [0.15, 0.2) is 0 Å². The summed E-state index contributed by atoms with van der Waals surface area (Å²) in [6.07, 6.45) is 10.4. The number of hydrogen-bond acceptors (Lipinski definition) is 4. The van der Waals surface area contributed by atoms with Gasteiger partial charge in [0.05, 0.1) is 18.8 Å². The lowest BCUT2D eigenvalue weighted by Gasteiger charge is -2.41. The lowest BCUT2D eigenvalue weighted by atomic mass is 9.82. The molecular weight excluding hydrogens is 430 g/mol. The topological polar surface area (TPSA) is 76.8 Å². The molecule has 2 aromatic rings. The van der Waals surface area contributed by atoms with Crippen LogP contribution in [-0.2, 0) is 9.47 Å². The van der Waals surface area contributed by atoms with E-state index in [1.807, 2.05) is 16.9 Å². The van der Waals surface area contributed by atoms with E-state index >= 15 is 0 Å². The third-order valence-corrected chi connectivity index (χ3v) is 7.98. The van der Waals surface area contributed by atoms with Gasteiger partial charge in [-0.25, -0.2) is 9.48 Å². The Morgan fingerprint density at radius 3 is 2.59 bits per heavy atom. The minimum absolute atomic E-state index is 0.0474. The van der Waals surface area contributed by atoms with E-state index in [2.05, 4.69) is 35.4 Å². The van der Waals surface area contributed by atoms with Crippen molar-refractivity contribution in [2.24, 2.45) is 0 Å². The number of benzene rings is 1. The Balaban J connectivity index is 1.26. The number of amides is 1. The summed E-state index contributed by atoms with van der Waals surface area (Å²) < 4.78 is 14.4. The van der Waals surface area contributed by atoms with Crippen molar-refractivity contribution in [1.29, 1.82) is 0 Å². The predicted molar refractivity (Wildman–Crippen MR) is 129 cm³/mol. The van der Waals surface area contributed by atoms with Crippen molar-refractivity contribution in [2.75, 3.05) is 19.8 Å². The fraction of sp³-hybridized carbons (Fsp3) is 0.630. The molecule has 0 spiro atoms. The molecule has 2 saturated heterocycles. The van der Waals surface area contributed by atoms with E-state index in [4.69, 9.17) is 9.47 Å². The molecule has 3 aliphatic rings. The Labute approximate surface area is 202 Å². The molecule has 7 nitrogen and oxygen atoms in total. The third kappa shape index (κ3) is 5.15. The van der Waals surface area contributed by atoms with Crippen LogP contribution in [-0.4, -0.2) is 57.8 Å². The molecule has 1 aromatic heterocycles. The number of ether oxygens (including phenoxy) is 2. The molecule has 1 amide bonds. The standard InChI is InChI=1S/C27H37N3O4/c31-27(32)29-17-6-9-23(24-15-16-28-30(24)26-10-4-5-18-33-26)25(29)19-34-22-13-11-21(12-14-22)20-7-2-1-3-8-20/h1-3,7-8,15-16,21-23,25-26H,4-6,9-14,17-19H2,(H,31,32). The van der Waals surface area contributed by atoms with Crippen molar-refractivity contribution in [3.8, 4) is 0 Å². The van der Waals surface area contributed by atoms with Crippen LogP contribution in [0, 0.1) is 0 Å². The lowest BCUT2D eigenvalue weighted by molar-refractivity contribution is -0.0463. The third-order valence-electron chi connectivity index (χ3n) is 7.98. The van der Waals surface area contributed by atoms with Crippen LogP contribution in [0.15, 0.2) is 42.6 Å². The first kappa shape index (κ1) is 23.4. The van der Waals surface area contributed by atoms with Gasteiger partial charge in [-0.05, 0) is 75.3 Å². The summed E-state index contributed by atoms with van der Waals surface area (Å²) in [5.41, 5.74) is 2.50. The van der Waals surface area contributed by atoms with Crippen molar-refractivity contribution in [3.05, 3.63) is 53.9 Å². The van der Waals surface area contributed by atoms with Crippen LogP contribution >= 0.6 is 0 Å². The number of rotatable bonds is 6. The molecular formula is C27H37N3O4. The molecule has 1 aromatic carbocycles. The second kappa shape index (κ2) is 10.9. The van der Waals surface area contributed by atoms with Crippen molar-refractivity contribution >= 4 is 6.09 Å². The van der Waals surface area contributed by atoms with Crippen molar-refractivity contribution < 1.29 is 19.4 Å². The van der Waals surface area contributed by atoms with E-state index in [9.17, 15) is 9.90 Å². The summed E-state index contributed by atoms with van der Waals surface area (Å²) >= 11 is 0. The molecule has 1 saturated carbocycles. The van der Waals surface area contributed by atoms with Gasteiger partial charge in [0.1, 0.15) is 6.23 Å². The van der Waals surface area contributed by atoms with Crippen LogP contribution in [0.2, 0.25) is 0 Å². The van der Waals surface area contributed by atoms with Gasteiger partial charge in [-0.2, -0.15) is 5.10 Å². The average Bonchev–Trinajstić information content (AvgIpc) is 3.38. The Kier molecular flexibility index (Phi) is 7.50. The lowest BCUT2D eigenvalue weighted by Crippen LogP contribution is -2.50. The van der Waals surface area contributed by atoms with Crippen LogP contribution in [0.1, 0.15) is 87.1 Å². The smallest absolute Gasteiger partial charge is 0.407 e. The summed E-state index contributed by atoms with van der Waals surface area (Å²) in [7, 11) is 0. The van der Waals surface area contributed by atoms with Gasteiger partial charge in [0.25, 0.3) is 0 Å². The normalized spacial score (nSPS) is 30.2. The first-order valence-electron chi connectivity index (χ1n) is 13.0. The Morgan fingerprint density at radius 2 is 1.85 bits per heavy atom. The SMILES string of the molecule is O=C(O)N1CCCC(c2ccnn2C2CCCCO2)C1COC1CCC(c2ccccc2)CC1. The van der Waals surface area contributed by atoms with Crippen molar-refractivity contribution in [1.82, 2.24) is 14.7 Å². The van der Waals surface area contributed by atoms with E-state index in [-0.39, 0.29) is 24.3 Å². The highest BCUT2D eigenvalue weighted by atomic mass is 16.5. The van der Waals surface area contributed by atoms with Crippen LogP contribution in [0.25, 0.3) is 0 Å². The molecule has 3 unspecified atom stereocenters. The van der Waals surface area contributed by atoms with Gasteiger partial charge in [-0.3, -0.25) is 0 Å². The Hall–Kier alpha value is -2.38. The number of likely N-dealkylation sites (tertiary alicyclic amines) is 1. The summed E-state index contributed by atoms with van der Waals surface area (Å²) in [6, 6.07) is 12.6. The number of piperidine rings is 1. The number of carboxylic acid groups (broad SMARTS) is 1. The molecule has 184 valence electrons. The van der Waals surface area contributed by atoms with E-state index in [0.29, 0.717) is 19.1 Å². The minimum atomic E-state index is -0.855. The van der Waals surface area contributed by atoms with Crippen LogP contribution in [0.4, 0.5) is 4.79 Å². The average molecular weight is 468 g/mol. The zero-order valence-electron chi connectivity index (χ0n) is 19.9. The molecule has 2 aliphatic heterocycles. The fourth-order valence-corrected chi connectivity index (χ4v) is 6.14. The molecule has 5 rings (SSSR count). The van der Waals surface area contributed by atoms with Gasteiger partial charge in [-0.1, -0.05) is 30.3 Å². The molecule has 3 atom stereocenters. The van der Waals surface area contributed by atoms with Crippen LogP contribution in [0.3, 0.4) is 0 Å². The number of hydrogen-bond donors (Lipinski definition) is 1. The number of carbonyl (C=O) groups is 1. The van der Waals surface area contributed by atoms with Crippen LogP contribution in [0.5, 0.6) is 0 Å². The maximum absolute atomic E-state index is 12.1. The monoisotopic (exact) mass is 467 g/mol. The highest BCUT2D eigenvalue weighted by Crippen LogP contribution is 2.37. The summed E-state index contributed by atoms with van der Waals surface area (Å²) in [4.78, 5) is 13.7. The van der Waals surface area contributed by atoms with E-state index < -0.39 is 6.09 Å². The molecule has 3 heterocycles. The molecule has 1 aliphatic carbocycles. The van der Waals surface area contributed by atoms with E-state index in [1.165, 1.54) is 5.56 Å². The van der Waals surface area contributed by atoms with Gasteiger partial charge < -0.3 is 19.5 Å². The van der Waals surface area contributed by atoms with Crippen molar-refractivity contribution in [3.63, 3.8) is 0 Å². The second-order valence-electron chi connectivity index (χ2n) is 10.0. The molecule has 34 heavy (non-hydrogen) atoms. The maximum Gasteiger partial charge on any atom is 0.407 e. The van der Waals surface area contributed by atoms with Crippen molar-refractivity contribution in [2.45, 2.75) is 88.0 Å². The number of aromatic nitrogens is 2. The molecule has 0 radical (unpaired) electrons. The first-order chi connectivity index (χ1) is 16.7. The van der Waals surface area contributed by atoms with E-state index in [1.54, 1.807) is 4.90 Å². The van der Waals surface area contributed by atoms with E-state index in [0.717, 1.165) is 70.1 Å². The molecule has 7 heteroatoms. The predicted octanol–water partition coefficient (Wildman–Crippen LogP) is 5.55. The van der Waals surface area contributed by atoms with Gasteiger partial charge in [0, 0.05) is 31.0 Å². The summed E-state index contributed by atoms with van der Waals surface area (Å²) in [5.74, 6) is 0.669.